The first-order chi connectivity index (χ1) is 14.2. The fourth-order valence-corrected chi connectivity index (χ4v) is 4.00. The van der Waals surface area contributed by atoms with Crippen LogP contribution in [0, 0.1) is 0 Å². The van der Waals surface area contributed by atoms with Crippen molar-refractivity contribution in [2.24, 2.45) is 0 Å². The van der Waals surface area contributed by atoms with Gasteiger partial charge in [0.1, 0.15) is 0 Å². The Balaban J connectivity index is 1.38. The third kappa shape index (κ3) is 4.76. The fraction of sp³-hybridized carbons (Fsp3) is 0.0833. The molecular weight excluding hydrogens is 380 g/mol. The average Bonchev–Trinajstić information content (AvgIpc) is 2.75. The van der Waals surface area contributed by atoms with Crippen LogP contribution in [0.15, 0.2) is 88.7 Å². The van der Waals surface area contributed by atoms with Gasteiger partial charge >= 0.3 is 0 Å². The van der Waals surface area contributed by atoms with E-state index < -0.39 is 0 Å². The van der Waals surface area contributed by atoms with Crippen LogP contribution in [0.1, 0.15) is 21.5 Å². The standard InChI is InChI=1S/C24H20N2O2S/c27-23(25-15-14-17-6-2-1-3-7-17)19-12-10-18(11-13-19)16-22-24(28)26-20-8-4-5-9-21(20)29-22/h1-13,16H,14-15H2,(H,25,27)(H,26,28). The predicted molar refractivity (Wildman–Crippen MR) is 118 cm³/mol. The molecule has 2 N–H and O–H groups in total. The second kappa shape index (κ2) is 8.80. The molecule has 1 heterocycles. The molecule has 3 aromatic carbocycles. The molecule has 2 amide bonds. The first-order valence-electron chi connectivity index (χ1n) is 9.41. The molecule has 4 rings (SSSR count). The number of benzene rings is 3. The number of para-hydroxylation sites is 1. The summed E-state index contributed by atoms with van der Waals surface area (Å²) < 4.78 is 0. The molecular formula is C24H20N2O2S. The highest BCUT2D eigenvalue weighted by atomic mass is 32.2. The number of nitrogens with one attached hydrogen (secondary N) is 2. The summed E-state index contributed by atoms with van der Waals surface area (Å²) in [6, 6.07) is 25.1. The molecule has 0 spiro atoms. The van der Waals surface area contributed by atoms with Crippen molar-refractivity contribution >= 4 is 35.3 Å². The van der Waals surface area contributed by atoms with E-state index in [4.69, 9.17) is 0 Å². The number of fused-ring (bicyclic) bond motifs is 1. The smallest absolute Gasteiger partial charge is 0.262 e. The Morgan fingerprint density at radius 3 is 2.45 bits per heavy atom. The molecule has 1 aliphatic heterocycles. The second-order valence-electron chi connectivity index (χ2n) is 6.67. The van der Waals surface area contributed by atoms with Crippen LogP contribution < -0.4 is 10.6 Å². The predicted octanol–water partition coefficient (Wildman–Crippen LogP) is 4.74. The van der Waals surface area contributed by atoms with Crippen molar-refractivity contribution in [1.82, 2.24) is 5.32 Å². The zero-order valence-corrected chi connectivity index (χ0v) is 16.5. The van der Waals surface area contributed by atoms with Crippen molar-refractivity contribution in [2.45, 2.75) is 11.3 Å². The van der Waals surface area contributed by atoms with E-state index in [1.165, 1.54) is 17.3 Å². The molecule has 3 aromatic rings. The van der Waals surface area contributed by atoms with E-state index in [0.29, 0.717) is 17.0 Å². The summed E-state index contributed by atoms with van der Waals surface area (Å²) in [6.45, 7) is 0.588. The summed E-state index contributed by atoms with van der Waals surface area (Å²) in [6.07, 6.45) is 2.64. The van der Waals surface area contributed by atoms with Gasteiger partial charge in [0.25, 0.3) is 11.8 Å². The van der Waals surface area contributed by atoms with Crippen molar-refractivity contribution in [3.8, 4) is 0 Å². The van der Waals surface area contributed by atoms with E-state index in [0.717, 1.165) is 22.6 Å². The third-order valence-electron chi connectivity index (χ3n) is 4.59. The third-order valence-corrected chi connectivity index (χ3v) is 5.69. The Kier molecular flexibility index (Phi) is 5.77. The van der Waals surface area contributed by atoms with Crippen LogP contribution in [0.4, 0.5) is 5.69 Å². The Labute approximate surface area is 174 Å². The van der Waals surface area contributed by atoms with E-state index in [2.05, 4.69) is 10.6 Å². The van der Waals surface area contributed by atoms with Gasteiger partial charge in [-0.1, -0.05) is 66.4 Å². The molecule has 0 radical (unpaired) electrons. The molecule has 0 bridgehead atoms. The molecule has 0 fully saturated rings. The van der Waals surface area contributed by atoms with Gasteiger partial charge in [-0.25, -0.2) is 0 Å². The van der Waals surface area contributed by atoms with Crippen LogP contribution in [0.25, 0.3) is 6.08 Å². The van der Waals surface area contributed by atoms with Gasteiger partial charge in [-0.2, -0.15) is 0 Å². The van der Waals surface area contributed by atoms with E-state index in [1.807, 2.05) is 72.8 Å². The van der Waals surface area contributed by atoms with Gasteiger partial charge in [0.15, 0.2) is 0 Å². The molecule has 0 atom stereocenters. The van der Waals surface area contributed by atoms with Crippen LogP contribution in [-0.4, -0.2) is 18.4 Å². The zero-order valence-electron chi connectivity index (χ0n) is 15.7. The molecule has 0 saturated carbocycles. The minimum Gasteiger partial charge on any atom is -0.352 e. The summed E-state index contributed by atoms with van der Waals surface area (Å²) in [5.74, 6) is -0.213. The molecule has 0 unspecified atom stereocenters. The summed E-state index contributed by atoms with van der Waals surface area (Å²) >= 11 is 1.45. The normalized spacial score (nSPS) is 14.2. The van der Waals surface area contributed by atoms with Crippen LogP contribution >= 0.6 is 11.8 Å². The lowest BCUT2D eigenvalue weighted by atomic mass is 10.1. The molecule has 4 nitrogen and oxygen atoms in total. The highest BCUT2D eigenvalue weighted by Gasteiger charge is 2.20. The van der Waals surface area contributed by atoms with Crippen molar-refractivity contribution in [1.29, 1.82) is 0 Å². The Hall–Kier alpha value is -3.31. The van der Waals surface area contributed by atoms with E-state index in [-0.39, 0.29) is 11.8 Å². The number of rotatable bonds is 5. The largest absolute Gasteiger partial charge is 0.352 e. The molecule has 5 heteroatoms. The first kappa shape index (κ1) is 19.0. The highest BCUT2D eigenvalue weighted by Crippen LogP contribution is 2.38. The highest BCUT2D eigenvalue weighted by molar-refractivity contribution is 8.04. The monoisotopic (exact) mass is 400 g/mol. The number of carbonyl (C=O) groups is 2. The van der Waals surface area contributed by atoms with Gasteiger partial charge in [-0.05, 0) is 47.9 Å². The number of amides is 2. The maximum absolute atomic E-state index is 12.3. The van der Waals surface area contributed by atoms with Gasteiger partial charge in [0.2, 0.25) is 0 Å². The molecule has 0 saturated heterocycles. The minimum atomic E-state index is -0.114. The second-order valence-corrected chi connectivity index (χ2v) is 7.76. The summed E-state index contributed by atoms with van der Waals surface area (Å²) in [5, 5.41) is 5.85. The summed E-state index contributed by atoms with van der Waals surface area (Å²) in [7, 11) is 0. The van der Waals surface area contributed by atoms with Crippen molar-refractivity contribution in [3.63, 3.8) is 0 Å². The maximum Gasteiger partial charge on any atom is 0.262 e. The number of thioether (sulfide) groups is 1. The maximum atomic E-state index is 12.3. The lowest BCUT2D eigenvalue weighted by Crippen LogP contribution is -2.25. The minimum absolute atomic E-state index is 0.0983. The number of anilines is 1. The van der Waals surface area contributed by atoms with Crippen molar-refractivity contribution < 1.29 is 9.59 Å². The Morgan fingerprint density at radius 2 is 1.66 bits per heavy atom. The molecule has 1 aliphatic rings. The lowest BCUT2D eigenvalue weighted by Gasteiger charge is -2.18. The van der Waals surface area contributed by atoms with Crippen LogP contribution in [0.2, 0.25) is 0 Å². The first-order valence-corrected chi connectivity index (χ1v) is 10.2. The summed E-state index contributed by atoms with van der Waals surface area (Å²) in [5.41, 5.74) is 3.51. The van der Waals surface area contributed by atoms with E-state index >= 15 is 0 Å². The van der Waals surface area contributed by atoms with Crippen LogP contribution in [0.5, 0.6) is 0 Å². The van der Waals surface area contributed by atoms with Gasteiger partial charge in [0.05, 0.1) is 10.6 Å². The van der Waals surface area contributed by atoms with Gasteiger partial charge in [-0.3, -0.25) is 9.59 Å². The molecule has 0 aromatic heterocycles. The molecule has 29 heavy (non-hydrogen) atoms. The quantitative estimate of drug-likeness (QED) is 0.608. The van der Waals surface area contributed by atoms with Gasteiger partial charge in [-0.15, -0.1) is 0 Å². The SMILES string of the molecule is O=C1Nc2ccccc2SC1=Cc1ccc(C(=O)NCCc2ccccc2)cc1. The van der Waals surface area contributed by atoms with Crippen LogP contribution in [0.3, 0.4) is 0 Å². The Morgan fingerprint density at radius 1 is 0.931 bits per heavy atom. The Bertz CT molecular complexity index is 1060. The number of carbonyl (C=O) groups excluding carboxylic acids is 2. The van der Waals surface area contributed by atoms with Crippen LogP contribution in [-0.2, 0) is 11.2 Å². The number of hydrogen-bond acceptors (Lipinski definition) is 3. The molecule has 144 valence electrons. The van der Waals surface area contributed by atoms with E-state index in [1.54, 1.807) is 12.1 Å². The zero-order chi connectivity index (χ0) is 20.1. The average molecular weight is 401 g/mol. The van der Waals surface area contributed by atoms with E-state index in [9.17, 15) is 9.59 Å². The van der Waals surface area contributed by atoms with Crippen molar-refractivity contribution in [3.05, 3.63) is 100 Å². The van der Waals surface area contributed by atoms with Gasteiger partial charge in [0, 0.05) is 17.0 Å². The lowest BCUT2D eigenvalue weighted by molar-refractivity contribution is -0.112. The topological polar surface area (TPSA) is 58.2 Å². The summed E-state index contributed by atoms with van der Waals surface area (Å²) in [4.78, 5) is 26.3. The number of hydrogen-bond donors (Lipinski definition) is 2. The molecule has 0 aliphatic carbocycles. The van der Waals surface area contributed by atoms with Crippen molar-refractivity contribution in [2.75, 3.05) is 11.9 Å². The van der Waals surface area contributed by atoms with Gasteiger partial charge < -0.3 is 10.6 Å². The fourth-order valence-electron chi connectivity index (χ4n) is 3.05.